The molecule has 6 nitrogen and oxygen atoms in total. The predicted octanol–water partition coefficient (Wildman–Crippen LogP) is 0.340. The molecule has 1 N–H and O–H groups in total. The van der Waals surface area contributed by atoms with Gasteiger partial charge in [0.25, 0.3) is 0 Å². The summed E-state index contributed by atoms with van der Waals surface area (Å²) >= 11 is 1.41. The van der Waals surface area contributed by atoms with E-state index in [9.17, 15) is 13.2 Å². The molecule has 8 heteroatoms. The monoisotopic (exact) mass is 278 g/mol. The van der Waals surface area contributed by atoms with E-state index in [1.165, 1.54) is 18.4 Å². The van der Waals surface area contributed by atoms with Gasteiger partial charge in [-0.25, -0.2) is 13.4 Å². The Morgan fingerprint density at radius 3 is 2.71 bits per heavy atom. The molecule has 0 bridgehead atoms. The third-order valence-electron chi connectivity index (χ3n) is 2.26. The van der Waals surface area contributed by atoms with Crippen LogP contribution < -0.4 is 0 Å². The van der Waals surface area contributed by atoms with Crippen molar-refractivity contribution in [2.75, 3.05) is 19.3 Å². The number of carboxylic acids is 1. The molecule has 0 atom stereocenters. The summed E-state index contributed by atoms with van der Waals surface area (Å²) < 4.78 is 24.3. The van der Waals surface area contributed by atoms with E-state index < -0.39 is 22.5 Å². The third kappa shape index (κ3) is 4.06. The lowest BCUT2D eigenvalue weighted by atomic mass is 10.3. The Bertz CT molecular complexity index is 495. The topological polar surface area (TPSA) is 87.6 Å². The zero-order valence-electron chi connectivity index (χ0n) is 9.58. The van der Waals surface area contributed by atoms with Gasteiger partial charge in [-0.05, 0) is 13.3 Å². The molecule has 0 radical (unpaired) electrons. The van der Waals surface area contributed by atoms with Gasteiger partial charge in [-0.2, -0.15) is 4.31 Å². The molecule has 96 valence electrons. The van der Waals surface area contributed by atoms with E-state index in [-0.39, 0.29) is 5.75 Å². The summed E-state index contributed by atoms with van der Waals surface area (Å²) in [6, 6.07) is 0. The van der Waals surface area contributed by atoms with Crippen molar-refractivity contribution in [3.05, 3.63) is 16.1 Å². The van der Waals surface area contributed by atoms with Gasteiger partial charge in [-0.3, -0.25) is 4.79 Å². The first-order chi connectivity index (χ1) is 7.83. The summed E-state index contributed by atoms with van der Waals surface area (Å²) in [6.07, 6.45) is 0.364. The fourth-order valence-electron chi connectivity index (χ4n) is 1.23. The molecule has 0 aliphatic heterocycles. The maximum atomic E-state index is 11.7. The average Bonchev–Trinajstić information content (AvgIpc) is 2.60. The van der Waals surface area contributed by atoms with Crippen LogP contribution in [0, 0.1) is 6.92 Å². The molecule has 0 fully saturated rings. The van der Waals surface area contributed by atoms with E-state index in [2.05, 4.69) is 4.98 Å². The average molecular weight is 278 g/mol. The normalized spacial score (nSPS) is 11.9. The molecule has 0 saturated carbocycles. The number of hydrogen-bond acceptors (Lipinski definition) is 5. The van der Waals surface area contributed by atoms with Crippen LogP contribution in [0.25, 0.3) is 0 Å². The van der Waals surface area contributed by atoms with Crippen LogP contribution in [0.5, 0.6) is 0 Å². The Hall–Kier alpha value is -0.990. The Morgan fingerprint density at radius 2 is 2.24 bits per heavy atom. The zero-order valence-corrected chi connectivity index (χ0v) is 11.2. The van der Waals surface area contributed by atoms with Gasteiger partial charge >= 0.3 is 5.97 Å². The quantitative estimate of drug-likeness (QED) is 0.810. The van der Waals surface area contributed by atoms with E-state index in [1.807, 2.05) is 6.92 Å². The Kier molecular flexibility index (Phi) is 4.61. The molecule has 1 aromatic rings. The predicted molar refractivity (Wildman–Crippen MR) is 64.6 cm³/mol. The second-order valence-electron chi connectivity index (χ2n) is 3.58. The first kappa shape index (κ1) is 14.1. The van der Waals surface area contributed by atoms with Crippen LogP contribution in [0.3, 0.4) is 0 Å². The van der Waals surface area contributed by atoms with Crippen LogP contribution >= 0.6 is 11.3 Å². The highest BCUT2D eigenvalue weighted by Crippen LogP contribution is 2.14. The minimum atomic E-state index is -3.52. The summed E-state index contributed by atoms with van der Waals surface area (Å²) in [5, 5.41) is 8.53. The molecule has 1 aromatic heterocycles. The van der Waals surface area contributed by atoms with Crippen molar-refractivity contribution in [3.8, 4) is 0 Å². The molecule has 0 aliphatic rings. The first-order valence-electron chi connectivity index (χ1n) is 4.87. The Labute approximate surface area is 104 Å². The molecular formula is C9H14N2O4S2. The maximum absolute atomic E-state index is 11.7. The van der Waals surface area contributed by atoms with Gasteiger partial charge in [-0.1, -0.05) is 0 Å². The first-order valence-corrected chi connectivity index (χ1v) is 7.36. The zero-order chi connectivity index (χ0) is 13.1. The van der Waals surface area contributed by atoms with Gasteiger partial charge < -0.3 is 5.11 Å². The number of likely N-dealkylation sites (N-methyl/N-ethyl adjacent to an activating group) is 1. The SMILES string of the molecule is Cc1ncsc1CCS(=O)(=O)N(C)CC(=O)O. The molecule has 1 rings (SSSR count). The molecule has 0 saturated heterocycles. The summed E-state index contributed by atoms with van der Waals surface area (Å²) in [5.41, 5.74) is 2.49. The summed E-state index contributed by atoms with van der Waals surface area (Å²) in [7, 11) is -2.25. The van der Waals surface area contributed by atoms with Crippen LogP contribution in [0.4, 0.5) is 0 Å². The molecule has 0 aromatic carbocycles. The highest BCUT2D eigenvalue weighted by Gasteiger charge is 2.20. The van der Waals surface area contributed by atoms with Crippen LogP contribution in [0.2, 0.25) is 0 Å². The van der Waals surface area contributed by atoms with Crippen molar-refractivity contribution in [3.63, 3.8) is 0 Å². The number of thiazole rings is 1. The van der Waals surface area contributed by atoms with Crippen molar-refractivity contribution in [2.45, 2.75) is 13.3 Å². The van der Waals surface area contributed by atoms with Gasteiger partial charge in [-0.15, -0.1) is 11.3 Å². The molecule has 0 amide bonds. The largest absolute Gasteiger partial charge is 0.480 e. The molecule has 17 heavy (non-hydrogen) atoms. The molecule has 1 heterocycles. The lowest BCUT2D eigenvalue weighted by molar-refractivity contribution is -0.137. The second kappa shape index (κ2) is 5.56. The molecule has 0 aliphatic carbocycles. The molecular weight excluding hydrogens is 264 g/mol. The van der Waals surface area contributed by atoms with Crippen molar-refractivity contribution in [2.24, 2.45) is 0 Å². The van der Waals surface area contributed by atoms with Gasteiger partial charge in [0.1, 0.15) is 6.54 Å². The summed E-state index contributed by atoms with van der Waals surface area (Å²) in [5.74, 6) is -1.26. The minimum absolute atomic E-state index is 0.0974. The van der Waals surface area contributed by atoms with Gasteiger partial charge in [0, 0.05) is 11.9 Å². The second-order valence-corrected chi connectivity index (χ2v) is 6.71. The molecule has 0 unspecified atom stereocenters. The number of nitrogens with zero attached hydrogens (tertiary/aromatic N) is 2. The number of hydrogen-bond donors (Lipinski definition) is 1. The van der Waals surface area contributed by atoms with Gasteiger partial charge in [0.15, 0.2) is 0 Å². The van der Waals surface area contributed by atoms with Crippen molar-refractivity contribution < 1.29 is 18.3 Å². The van der Waals surface area contributed by atoms with Crippen LogP contribution in [-0.4, -0.2) is 48.1 Å². The highest BCUT2D eigenvalue weighted by molar-refractivity contribution is 7.89. The summed E-state index contributed by atoms with van der Waals surface area (Å²) in [6.45, 7) is 1.31. The maximum Gasteiger partial charge on any atom is 0.318 e. The number of carbonyl (C=O) groups is 1. The highest BCUT2D eigenvalue weighted by atomic mass is 32.2. The van der Waals surface area contributed by atoms with Crippen LogP contribution in [0.15, 0.2) is 5.51 Å². The fourth-order valence-corrected chi connectivity index (χ4v) is 3.22. The third-order valence-corrected chi connectivity index (χ3v) is 5.06. The van der Waals surface area contributed by atoms with E-state index in [4.69, 9.17) is 5.11 Å². The minimum Gasteiger partial charge on any atom is -0.480 e. The van der Waals surface area contributed by atoms with Crippen molar-refractivity contribution in [1.29, 1.82) is 0 Å². The Morgan fingerprint density at radius 1 is 1.59 bits per heavy atom. The number of aryl methyl sites for hydroxylation is 2. The lowest BCUT2D eigenvalue weighted by Crippen LogP contribution is -2.34. The fraction of sp³-hybridized carbons (Fsp3) is 0.556. The summed E-state index contributed by atoms with van der Waals surface area (Å²) in [4.78, 5) is 15.4. The standard InChI is InChI=1S/C9H14N2O4S2/c1-7-8(16-6-10-7)3-4-17(14,15)11(2)5-9(12)13/h6H,3-5H2,1-2H3,(H,12,13). The van der Waals surface area contributed by atoms with E-state index >= 15 is 0 Å². The van der Waals surface area contributed by atoms with E-state index in [0.29, 0.717) is 6.42 Å². The number of aromatic nitrogens is 1. The van der Waals surface area contributed by atoms with Crippen LogP contribution in [0.1, 0.15) is 10.6 Å². The lowest BCUT2D eigenvalue weighted by Gasteiger charge is -2.14. The van der Waals surface area contributed by atoms with E-state index in [0.717, 1.165) is 14.9 Å². The number of aliphatic carboxylic acids is 1. The number of sulfonamides is 1. The number of rotatable bonds is 6. The van der Waals surface area contributed by atoms with Crippen LogP contribution in [-0.2, 0) is 21.2 Å². The van der Waals surface area contributed by atoms with Gasteiger partial charge in [0.2, 0.25) is 10.0 Å². The molecule has 0 spiro atoms. The smallest absolute Gasteiger partial charge is 0.318 e. The Balaban J connectivity index is 2.62. The van der Waals surface area contributed by atoms with Crippen molar-refractivity contribution in [1.82, 2.24) is 9.29 Å². The van der Waals surface area contributed by atoms with E-state index in [1.54, 1.807) is 5.51 Å². The van der Waals surface area contributed by atoms with Crippen molar-refractivity contribution >= 4 is 27.3 Å². The van der Waals surface area contributed by atoms with Gasteiger partial charge in [0.05, 0.1) is 17.0 Å². The number of carboxylic acid groups (broad SMARTS) is 1.